The van der Waals surface area contributed by atoms with Crippen molar-refractivity contribution in [2.24, 2.45) is 0 Å². The first-order chi connectivity index (χ1) is 8.75. The van der Waals surface area contributed by atoms with Crippen LogP contribution in [0.5, 0.6) is 5.75 Å². The first kappa shape index (κ1) is 15.0. The van der Waals surface area contributed by atoms with Crippen LogP contribution in [0.15, 0.2) is 18.2 Å². The van der Waals surface area contributed by atoms with Crippen molar-refractivity contribution >= 4 is 0 Å². The summed E-state index contributed by atoms with van der Waals surface area (Å²) in [5.41, 5.74) is 2.43. The molecule has 3 nitrogen and oxygen atoms in total. The molecule has 0 atom stereocenters. The molecule has 0 amide bonds. The SMILES string of the molecule is COCCNCCCCOc1c(C)cccc1C. The highest BCUT2D eigenvalue weighted by atomic mass is 16.5. The smallest absolute Gasteiger partial charge is 0.125 e. The molecular formula is C15H25NO2. The molecule has 0 unspecified atom stereocenters. The minimum absolute atomic E-state index is 0.777. The summed E-state index contributed by atoms with van der Waals surface area (Å²) in [5, 5.41) is 3.33. The fourth-order valence-corrected chi connectivity index (χ4v) is 1.85. The predicted octanol–water partition coefficient (Wildman–Crippen LogP) is 2.70. The molecule has 102 valence electrons. The molecule has 0 fully saturated rings. The second kappa shape index (κ2) is 8.95. The summed E-state index contributed by atoms with van der Waals surface area (Å²) < 4.78 is 10.8. The third-order valence-corrected chi connectivity index (χ3v) is 2.89. The minimum Gasteiger partial charge on any atom is -0.493 e. The van der Waals surface area contributed by atoms with Crippen LogP contribution in [-0.2, 0) is 4.74 Å². The fraction of sp³-hybridized carbons (Fsp3) is 0.600. The maximum Gasteiger partial charge on any atom is 0.125 e. The number of para-hydroxylation sites is 1. The van der Waals surface area contributed by atoms with Crippen LogP contribution in [0.1, 0.15) is 24.0 Å². The van der Waals surface area contributed by atoms with Gasteiger partial charge < -0.3 is 14.8 Å². The third-order valence-electron chi connectivity index (χ3n) is 2.89. The van der Waals surface area contributed by atoms with E-state index in [0.29, 0.717) is 0 Å². The van der Waals surface area contributed by atoms with Crippen molar-refractivity contribution in [1.29, 1.82) is 0 Å². The fourth-order valence-electron chi connectivity index (χ4n) is 1.85. The molecule has 0 saturated carbocycles. The number of methoxy groups -OCH3 is 1. The Bertz CT molecular complexity index is 319. The zero-order valence-electron chi connectivity index (χ0n) is 11.8. The Labute approximate surface area is 110 Å². The van der Waals surface area contributed by atoms with E-state index in [-0.39, 0.29) is 0 Å². The standard InChI is InChI=1S/C15H25NO2/c1-13-7-6-8-14(2)15(13)18-11-5-4-9-16-10-12-17-3/h6-8,16H,4-5,9-12H2,1-3H3. The molecular weight excluding hydrogens is 226 g/mol. The van der Waals surface area contributed by atoms with Gasteiger partial charge in [-0.3, -0.25) is 0 Å². The second-order valence-electron chi connectivity index (χ2n) is 4.52. The Balaban J connectivity index is 2.11. The van der Waals surface area contributed by atoms with Crippen LogP contribution in [0.2, 0.25) is 0 Å². The summed E-state index contributed by atoms with van der Waals surface area (Å²) in [6.45, 7) is 7.70. The van der Waals surface area contributed by atoms with E-state index < -0.39 is 0 Å². The number of rotatable bonds is 9. The van der Waals surface area contributed by atoms with Crippen molar-refractivity contribution in [3.63, 3.8) is 0 Å². The first-order valence-corrected chi connectivity index (χ1v) is 6.64. The molecule has 0 radical (unpaired) electrons. The Morgan fingerprint density at radius 2 is 1.72 bits per heavy atom. The predicted molar refractivity (Wildman–Crippen MR) is 75.4 cm³/mol. The van der Waals surface area contributed by atoms with Gasteiger partial charge in [0.15, 0.2) is 0 Å². The van der Waals surface area contributed by atoms with Gasteiger partial charge in [0.25, 0.3) is 0 Å². The Kier molecular flexibility index (Phi) is 7.46. The van der Waals surface area contributed by atoms with E-state index in [2.05, 4.69) is 37.4 Å². The highest BCUT2D eigenvalue weighted by Crippen LogP contribution is 2.22. The Morgan fingerprint density at radius 3 is 2.39 bits per heavy atom. The van der Waals surface area contributed by atoms with Crippen LogP contribution in [-0.4, -0.2) is 33.4 Å². The van der Waals surface area contributed by atoms with Crippen molar-refractivity contribution < 1.29 is 9.47 Å². The molecule has 0 aliphatic rings. The average Bonchev–Trinajstić information content (AvgIpc) is 2.35. The molecule has 0 aliphatic carbocycles. The monoisotopic (exact) mass is 251 g/mol. The average molecular weight is 251 g/mol. The van der Waals surface area contributed by atoms with Crippen molar-refractivity contribution in [1.82, 2.24) is 5.32 Å². The normalized spacial score (nSPS) is 10.6. The molecule has 3 heteroatoms. The lowest BCUT2D eigenvalue weighted by Gasteiger charge is -2.11. The molecule has 0 saturated heterocycles. The van der Waals surface area contributed by atoms with Crippen molar-refractivity contribution in [2.45, 2.75) is 26.7 Å². The van der Waals surface area contributed by atoms with Crippen LogP contribution >= 0.6 is 0 Å². The maximum atomic E-state index is 5.84. The van der Waals surface area contributed by atoms with Gasteiger partial charge in [0.2, 0.25) is 0 Å². The van der Waals surface area contributed by atoms with Crippen LogP contribution < -0.4 is 10.1 Å². The quantitative estimate of drug-likeness (QED) is 0.685. The second-order valence-corrected chi connectivity index (χ2v) is 4.52. The van der Waals surface area contributed by atoms with Gasteiger partial charge in [0.1, 0.15) is 5.75 Å². The Hall–Kier alpha value is -1.06. The van der Waals surface area contributed by atoms with Gasteiger partial charge in [-0.15, -0.1) is 0 Å². The molecule has 0 bridgehead atoms. The summed E-state index contributed by atoms with van der Waals surface area (Å²) >= 11 is 0. The third kappa shape index (κ3) is 5.52. The highest BCUT2D eigenvalue weighted by molar-refractivity contribution is 5.39. The van der Waals surface area contributed by atoms with Gasteiger partial charge in [0.05, 0.1) is 13.2 Å². The lowest BCUT2D eigenvalue weighted by Crippen LogP contribution is -2.20. The van der Waals surface area contributed by atoms with Crippen LogP contribution in [0.4, 0.5) is 0 Å². The summed E-state index contributed by atoms with van der Waals surface area (Å²) in [4.78, 5) is 0. The largest absolute Gasteiger partial charge is 0.493 e. The van der Waals surface area contributed by atoms with Gasteiger partial charge in [-0.25, -0.2) is 0 Å². The van der Waals surface area contributed by atoms with Gasteiger partial charge in [-0.1, -0.05) is 18.2 Å². The molecule has 1 aromatic rings. The molecule has 0 aromatic heterocycles. The minimum atomic E-state index is 0.777. The molecule has 18 heavy (non-hydrogen) atoms. The van der Waals surface area contributed by atoms with Gasteiger partial charge in [0, 0.05) is 13.7 Å². The molecule has 1 rings (SSSR count). The van der Waals surface area contributed by atoms with E-state index >= 15 is 0 Å². The molecule has 0 aliphatic heterocycles. The summed E-state index contributed by atoms with van der Waals surface area (Å²) in [5.74, 6) is 1.05. The lowest BCUT2D eigenvalue weighted by atomic mass is 10.1. The van der Waals surface area contributed by atoms with Gasteiger partial charge in [-0.2, -0.15) is 0 Å². The topological polar surface area (TPSA) is 30.5 Å². The molecule has 1 N–H and O–H groups in total. The molecule has 1 aromatic carbocycles. The van der Waals surface area contributed by atoms with E-state index in [0.717, 1.165) is 44.9 Å². The van der Waals surface area contributed by atoms with Crippen LogP contribution in [0.25, 0.3) is 0 Å². The number of nitrogens with one attached hydrogen (secondary N) is 1. The number of hydrogen-bond donors (Lipinski definition) is 1. The number of unbranched alkanes of at least 4 members (excludes halogenated alkanes) is 1. The first-order valence-electron chi connectivity index (χ1n) is 6.64. The Morgan fingerprint density at radius 1 is 1.00 bits per heavy atom. The maximum absolute atomic E-state index is 5.84. The summed E-state index contributed by atoms with van der Waals surface area (Å²) in [6.07, 6.45) is 2.21. The van der Waals surface area contributed by atoms with E-state index in [1.807, 2.05) is 0 Å². The van der Waals surface area contributed by atoms with Crippen molar-refractivity contribution in [3.05, 3.63) is 29.3 Å². The van der Waals surface area contributed by atoms with Crippen LogP contribution in [0.3, 0.4) is 0 Å². The van der Waals surface area contributed by atoms with E-state index in [1.54, 1.807) is 7.11 Å². The lowest BCUT2D eigenvalue weighted by molar-refractivity contribution is 0.199. The van der Waals surface area contributed by atoms with Crippen LogP contribution in [0, 0.1) is 13.8 Å². The van der Waals surface area contributed by atoms with Gasteiger partial charge >= 0.3 is 0 Å². The highest BCUT2D eigenvalue weighted by Gasteiger charge is 2.02. The number of hydrogen-bond acceptors (Lipinski definition) is 3. The van der Waals surface area contributed by atoms with Crippen molar-refractivity contribution in [2.75, 3.05) is 33.4 Å². The number of ether oxygens (including phenoxy) is 2. The molecule has 0 heterocycles. The molecule has 0 spiro atoms. The van der Waals surface area contributed by atoms with Gasteiger partial charge in [-0.05, 0) is 44.4 Å². The van der Waals surface area contributed by atoms with Crippen molar-refractivity contribution in [3.8, 4) is 5.75 Å². The summed E-state index contributed by atoms with van der Waals surface area (Å²) in [6, 6.07) is 6.25. The van der Waals surface area contributed by atoms with E-state index in [4.69, 9.17) is 9.47 Å². The number of aryl methyl sites for hydroxylation is 2. The number of benzene rings is 1. The zero-order chi connectivity index (χ0) is 13.2. The zero-order valence-corrected chi connectivity index (χ0v) is 11.8. The summed E-state index contributed by atoms with van der Waals surface area (Å²) in [7, 11) is 1.72. The van der Waals surface area contributed by atoms with E-state index in [1.165, 1.54) is 11.1 Å². The van der Waals surface area contributed by atoms with E-state index in [9.17, 15) is 0 Å².